The molecule has 9 heteroatoms. The maximum absolute atomic E-state index is 12.9. The molecule has 0 saturated carbocycles. The van der Waals surface area contributed by atoms with Gasteiger partial charge in [0.2, 0.25) is 11.7 Å². The summed E-state index contributed by atoms with van der Waals surface area (Å²) in [6, 6.07) is 8.74. The van der Waals surface area contributed by atoms with Gasteiger partial charge in [-0.05, 0) is 5.56 Å². The van der Waals surface area contributed by atoms with E-state index in [1.165, 1.54) is 4.90 Å². The third-order valence-corrected chi connectivity index (χ3v) is 4.43. The molecule has 2 heterocycles. The number of alkyl halides is 3. The van der Waals surface area contributed by atoms with Crippen molar-refractivity contribution in [2.75, 3.05) is 6.54 Å². The van der Waals surface area contributed by atoms with Crippen LogP contribution in [0, 0.1) is 5.92 Å². The maximum atomic E-state index is 12.9. The Labute approximate surface area is 142 Å². The van der Waals surface area contributed by atoms with Crippen molar-refractivity contribution in [2.24, 2.45) is 11.7 Å². The summed E-state index contributed by atoms with van der Waals surface area (Å²) in [4.78, 5) is 14.2. The summed E-state index contributed by atoms with van der Waals surface area (Å²) in [7, 11) is 0. The minimum atomic E-state index is -4.56. The van der Waals surface area contributed by atoms with Crippen LogP contribution in [0.1, 0.15) is 30.2 Å². The van der Waals surface area contributed by atoms with Crippen molar-refractivity contribution >= 4 is 5.91 Å². The molecule has 2 aromatic rings. The Bertz CT molecular complexity index is 759. The molecular weight excluding hydrogens is 335 g/mol. The zero-order valence-corrected chi connectivity index (χ0v) is 13.6. The molecule has 0 spiro atoms. The van der Waals surface area contributed by atoms with E-state index in [0.717, 1.165) is 10.1 Å². The van der Waals surface area contributed by atoms with E-state index >= 15 is 0 Å². The lowest BCUT2D eigenvalue weighted by atomic mass is 9.94. The molecule has 3 rings (SSSR count). The quantitative estimate of drug-likeness (QED) is 0.915. The molecule has 1 aromatic carbocycles. The van der Waals surface area contributed by atoms with Gasteiger partial charge in [-0.15, -0.1) is 10.2 Å². The largest absolute Gasteiger partial charge is 0.451 e. The van der Waals surface area contributed by atoms with Gasteiger partial charge in [-0.2, -0.15) is 13.2 Å². The Balaban J connectivity index is 1.73. The highest BCUT2D eigenvalue weighted by molar-refractivity contribution is 5.79. The third-order valence-electron chi connectivity index (χ3n) is 4.43. The van der Waals surface area contributed by atoms with Crippen molar-refractivity contribution in [1.29, 1.82) is 0 Å². The SMILES string of the molecule is CC(C(=O)N1CCn2c(nnc2C(F)(F)F)C1)C(N)c1ccccc1. The average molecular weight is 353 g/mol. The molecule has 1 amide bonds. The normalized spacial score (nSPS) is 17.1. The second-order valence-electron chi connectivity index (χ2n) is 6.07. The Kier molecular flexibility index (Phi) is 4.51. The number of fused-ring (bicyclic) bond motifs is 1. The lowest BCUT2D eigenvalue weighted by Gasteiger charge is -2.31. The number of nitrogens with zero attached hydrogens (tertiary/aromatic N) is 4. The molecule has 1 aliphatic heterocycles. The fourth-order valence-electron chi connectivity index (χ4n) is 2.96. The van der Waals surface area contributed by atoms with E-state index in [2.05, 4.69) is 10.2 Å². The van der Waals surface area contributed by atoms with E-state index in [0.29, 0.717) is 0 Å². The van der Waals surface area contributed by atoms with Crippen LogP contribution in [0.25, 0.3) is 0 Å². The predicted molar refractivity (Wildman–Crippen MR) is 83.0 cm³/mol. The number of aromatic nitrogens is 3. The molecular formula is C16H18F3N5O. The molecule has 0 bridgehead atoms. The Hall–Kier alpha value is -2.42. The maximum Gasteiger partial charge on any atom is 0.451 e. The van der Waals surface area contributed by atoms with Gasteiger partial charge in [-0.3, -0.25) is 4.79 Å². The van der Waals surface area contributed by atoms with Crippen molar-refractivity contribution < 1.29 is 18.0 Å². The number of hydrogen-bond acceptors (Lipinski definition) is 4. The van der Waals surface area contributed by atoms with Crippen LogP contribution in [0.4, 0.5) is 13.2 Å². The van der Waals surface area contributed by atoms with E-state index in [-0.39, 0.29) is 31.4 Å². The topological polar surface area (TPSA) is 77.0 Å². The lowest BCUT2D eigenvalue weighted by molar-refractivity contribution is -0.148. The number of carbonyl (C=O) groups excluding carboxylic acids is 1. The van der Waals surface area contributed by atoms with Crippen LogP contribution >= 0.6 is 0 Å². The Morgan fingerprint density at radius 2 is 1.88 bits per heavy atom. The fraction of sp³-hybridized carbons (Fsp3) is 0.438. The highest BCUT2D eigenvalue weighted by atomic mass is 19.4. The summed E-state index contributed by atoms with van der Waals surface area (Å²) >= 11 is 0. The second kappa shape index (κ2) is 6.47. The summed E-state index contributed by atoms with van der Waals surface area (Å²) in [6.07, 6.45) is -4.56. The van der Waals surface area contributed by atoms with E-state index in [4.69, 9.17) is 5.73 Å². The first-order valence-corrected chi connectivity index (χ1v) is 7.87. The molecule has 0 fully saturated rings. The molecule has 2 N–H and O–H groups in total. The Morgan fingerprint density at radius 3 is 2.52 bits per heavy atom. The first-order chi connectivity index (χ1) is 11.8. The number of amides is 1. The highest BCUT2D eigenvalue weighted by Crippen LogP contribution is 2.30. The van der Waals surface area contributed by atoms with Crippen molar-refractivity contribution in [3.05, 3.63) is 47.5 Å². The van der Waals surface area contributed by atoms with Gasteiger partial charge >= 0.3 is 6.18 Å². The zero-order chi connectivity index (χ0) is 18.2. The fourth-order valence-corrected chi connectivity index (χ4v) is 2.96. The van der Waals surface area contributed by atoms with Crippen molar-refractivity contribution in [1.82, 2.24) is 19.7 Å². The molecule has 1 aliphatic rings. The van der Waals surface area contributed by atoms with E-state index in [1.807, 2.05) is 30.3 Å². The van der Waals surface area contributed by atoms with Gasteiger partial charge < -0.3 is 15.2 Å². The number of halogens is 3. The zero-order valence-electron chi connectivity index (χ0n) is 13.6. The number of carbonyl (C=O) groups is 1. The molecule has 6 nitrogen and oxygen atoms in total. The number of hydrogen-bond donors (Lipinski definition) is 1. The average Bonchev–Trinajstić information content (AvgIpc) is 3.04. The minimum Gasteiger partial charge on any atom is -0.333 e. The molecule has 0 radical (unpaired) electrons. The summed E-state index contributed by atoms with van der Waals surface area (Å²) < 4.78 is 39.6. The van der Waals surface area contributed by atoms with Crippen LogP contribution in [0.2, 0.25) is 0 Å². The second-order valence-corrected chi connectivity index (χ2v) is 6.07. The molecule has 2 atom stereocenters. The smallest absolute Gasteiger partial charge is 0.333 e. The minimum absolute atomic E-state index is 0.00619. The summed E-state index contributed by atoms with van der Waals surface area (Å²) in [5.74, 6) is -1.60. The molecule has 25 heavy (non-hydrogen) atoms. The van der Waals surface area contributed by atoms with E-state index < -0.39 is 24.0 Å². The van der Waals surface area contributed by atoms with Gasteiger partial charge in [-0.1, -0.05) is 37.3 Å². The van der Waals surface area contributed by atoms with E-state index in [1.54, 1.807) is 6.92 Å². The van der Waals surface area contributed by atoms with E-state index in [9.17, 15) is 18.0 Å². The standard InChI is InChI=1S/C16H18F3N5O/c1-10(13(20)11-5-3-2-4-6-11)14(25)23-7-8-24-12(9-23)21-22-15(24)16(17,18)19/h2-6,10,13H,7-9,20H2,1H3. The number of rotatable bonds is 3. The van der Waals surface area contributed by atoms with Gasteiger partial charge in [0, 0.05) is 19.1 Å². The predicted octanol–water partition coefficient (Wildman–Crippen LogP) is 1.98. The third kappa shape index (κ3) is 3.37. The molecule has 134 valence electrons. The van der Waals surface area contributed by atoms with Crippen LogP contribution in [-0.2, 0) is 24.1 Å². The van der Waals surface area contributed by atoms with Gasteiger partial charge in [0.05, 0.1) is 12.5 Å². The number of nitrogens with two attached hydrogens (primary N) is 1. The Morgan fingerprint density at radius 1 is 1.20 bits per heavy atom. The summed E-state index contributed by atoms with van der Waals surface area (Å²) in [6.45, 7) is 1.89. The van der Waals surface area contributed by atoms with Crippen molar-refractivity contribution in [3.8, 4) is 0 Å². The van der Waals surface area contributed by atoms with Gasteiger partial charge in [-0.25, -0.2) is 0 Å². The summed E-state index contributed by atoms with van der Waals surface area (Å²) in [5.41, 5.74) is 7.01. The molecule has 0 aliphatic carbocycles. The number of benzene rings is 1. The van der Waals surface area contributed by atoms with Gasteiger partial charge in [0.1, 0.15) is 0 Å². The van der Waals surface area contributed by atoms with Crippen LogP contribution in [0.15, 0.2) is 30.3 Å². The van der Waals surface area contributed by atoms with Crippen LogP contribution in [-0.4, -0.2) is 32.1 Å². The first-order valence-electron chi connectivity index (χ1n) is 7.87. The van der Waals surface area contributed by atoms with Crippen LogP contribution in [0.3, 0.4) is 0 Å². The molecule has 1 aromatic heterocycles. The van der Waals surface area contributed by atoms with Crippen LogP contribution < -0.4 is 5.73 Å². The van der Waals surface area contributed by atoms with Crippen LogP contribution in [0.5, 0.6) is 0 Å². The van der Waals surface area contributed by atoms with Crippen molar-refractivity contribution in [3.63, 3.8) is 0 Å². The summed E-state index contributed by atoms with van der Waals surface area (Å²) in [5, 5.41) is 6.80. The monoisotopic (exact) mass is 353 g/mol. The molecule has 2 unspecified atom stereocenters. The van der Waals surface area contributed by atoms with Gasteiger partial charge in [0.25, 0.3) is 0 Å². The lowest BCUT2D eigenvalue weighted by Crippen LogP contribution is -2.44. The van der Waals surface area contributed by atoms with Crippen molar-refractivity contribution in [2.45, 2.75) is 32.2 Å². The molecule has 0 saturated heterocycles. The van der Waals surface area contributed by atoms with Gasteiger partial charge in [0.15, 0.2) is 5.82 Å². The first kappa shape index (κ1) is 17.4. The highest BCUT2D eigenvalue weighted by Gasteiger charge is 2.40.